The third kappa shape index (κ3) is 2.69. The Hall–Kier alpha value is -2.12. The van der Waals surface area contributed by atoms with E-state index < -0.39 is 22.0 Å². The number of aromatic amines is 1. The Morgan fingerprint density at radius 1 is 1.62 bits per heavy atom. The van der Waals surface area contributed by atoms with Gasteiger partial charge in [0, 0.05) is 0 Å². The van der Waals surface area contributed by atoms with Gasteiger partial charge in [-0.15, -0.1) is 0 Å². The summed E-state index contributed by atoms with van der Waals surface area (Å²) in [5.41, 5.74) is -2.02. The predicted molar refractivity (Wildman–Crippen MR) is 53.6 cm³/mol. The van der Waals surface area contributed by atoms with Gasteiger partial charge in [-0.05, 0) is 6.42 Å². The molecule has 0 aliphatic heterocycles. The lowest BCUT2D eigenvalue weighted by atomic mass is 10.4. The van der Waals surface area contributed by atoms with Gasteiger partial charge in [-0.1, -0.05) is 13.3 Å². The summed E-state index contributed by atoms with van der Waals surface area (Å²) in [6, 6.07) is -0.221. The molecule has 1 aromatic rings. The highest BCUT2D eigenvalue weighted by molar-refractivity contribution is 5.37. The van der Waals surface area contributed by atoms with Crippen molar-refractivity contribution in [2.45, 2.75) is 19.8 Å². The molecule has 1 heterocycles. The lowest BCUT2D eigenvalue weighted by Crippen LogP contribution is -2.15. The number of H-pyrrole nitrogens is 1. The second kappa shape index (κ2) is 5.10. The molecule has 0 bridgehead atoms. The molecule has 0 aromatic carbocycles. The zero-order chi connectivity index (χ0) is 12.1. The Morgan fingerprint density at radius 3 is 2.81 bits per heavy atom. The van der Waals surface area contributed by atoms with Crippen LogP contribution in [0, 0.1) is 10.1 Å². The normalized spacial score (nSPS) is 10.1. The highest BCUT2D eigenvalue weighted by Gasteiger charge is 2.22. The monoisotopic (exact) mass is 229 g/mol. The lowest BCUT2D eigenvalue weighted by molar-refractivity contribution is -0.387. The lowest BCUT2D eigenvalue weighted by Gasteiger charge is -2.03. The molecule has 0 aliphatic carbocycles. The average Bonchev–Trinajstić information content (AvgIpc) is 2.16. The van der Waals surface area contributed by atoms with E-state index in [2.05, 4.69) is 9.97 Å². The van der Waals surface area contributed by atoms with E-state index in [1.165, 1.54) is 0 Å². The molecule has 0 saturated heterocycles. The summed E-state index contributed by atoms with van der Waals surface area (Å²) in [7, 11) is 0. The zero-order valence-electron chi connectivity index (χ0n) is 8.60. The predicted octanol–water partition coefficient (Wildman–Crippen LogP) is 0.563. The van der Waals surface area contributed by atoms with E-state index in [0.29, 0.717) is 6.61 Å². The van der Waals surface area contributed by atoms with Crippen LogP contribution in [0.4, 0.5) is 5.69 Å². The van der Waals surface area contributed by atoms with Gasteiger partial charge >= 0.3 is 17.1 Å². The summed E-state index contributed by atoms with van der Waals surface area (Å²) in [4.78, 5) is 25.9. The summed E-state index contributed by atoms with van der Waals surface area (Å²) in [5.74, 6) is -0.944. The third-order valence-electron chi connectivity index (χ3n) is 1.77. The molecule has 0 aliphatic rings. The van der Waals surface area contributed by atoms with E-state index in [9.17, 15) is 14.9 Å². The van der Waals surface area contributed by atoms with Gasteiger partial charge < -0.3 is 9.84 Å². The molecule has 88 valence electrons. The maximum Gasteiger partial charge on any atom is 0.395 e. The molecule has 0 fully saturated rings. The molecule has 0 saturated carbocycles. The van der Waals surface area contributed by atoms with Crippen molar-refractivity contribution in [1.29, 1.82) is 0 Å². The van der Waals surface area contributed by atoms with E-state index in [4.69, 9.17) is 9.84 Å². The number of ether oxygens (including phenoxy) is 1. The molecule has 0 radical (unpaired) electrons. The van der Waals surface area contributed by atoms with E-state index in [1.54, 1.807) is 0 Å². The molecule has 0 unspecified atom stereocenters. The van der Waals surface area contributed by atoms with E-state index in [0.717, 1.165) is 12.8 Å². The summed E-state index contributed by atoms with van der Waals surface area (Å²) < 4.78 is 4.99. The first-order valence-electron chi connectivity index (χ1n) is 4.66. The van der Waals surface area contributed by atoms with Crippen LogP contribution in [-0.2, 0) is 0 Å². The Labute approximate surface area is 90.1 Å². The number of unbranched alkanes of at least 4 members (excludes halogenated alkanes) is 1. The largest absolute Gasteiger partial charge is 0.488 e. The number of hydrogen-bond acceptors (Lipinski definition) is 6. The van der Waals surface area contributed by atoms with Crippen molar-refractivity contribution >= 4 is 5.69 Å². The van der Waals surface area contributed by atoms with Crippen LogP contribution in [0.5, 0.6) is 11.9 Å². The molecule has 8 nitrogen and oxygen atoms in total. The Kier molecular flexibility index (Phi) is 3.81. The summed E-state index contributed by atoms with van der Waals surface area (Å²) in [6.07, 6.45) is 1.64. The number of nitro groups is 1. The van der Waals surface area contributed by atoms with Gasteiger partial charge in [0.15, 0.2) is 0 Å². The van der Waals surface area contributed by atoms with Crippen molar-refractivity contribution in [3.05, 3.63) is 20.5 Å². The van der Waals surface area contributed by atoms with Gasteiger partial charge in [0.05, 0.1) is 11.5 Å². The van der Waals surface area contributed by atoms with Crippen LogP contribution in [0.1, 0.15) is 19.8 Å². The second-order valence-corrected chi connectivity index (χ2v) is 3.00. The van der Waals surface area contributed by atoms with E-state index in [1.807, 2.05) is 6.92 Å². The Morgan fingerprint density at radius 2 is 2.31 bits per heavy atom. The Balaban J connectivity index is 2.92. The first-order chi connectivity index (χ1) is 7.56. The molecule has 0 amide bonds. The number of nitrogens with zero attached hydrogens (tertiary/aromatic N) is 2. The van der Waals surface area contributed by atoms with E-state index in [-0.39, 0.29) is 6.01 Å². The van der Waals surface area contributed by atoms with Gasteiger partial charge in [0.2, 0.25) is 0 Å². The minimum Gasteiger partial charge on any atom is -0.488 e. The van der Waals surface area contributed by atoms with Crippen LogP contribution in [-0.4, -0.2) is 26.6 Å². The van der Waals surface area contributed by atoms with Crippen LogP contribution in [0.25, 0.3) is 0 Å². The summed E-state index contributed by atoms with van der Waals surface area (Å²) >= 11 is 0. The van der Waals surface area contributed by atoms with Crippen molar-refractivity contribution in [3.63, 3.8) is 0 Å². The molecule has 0 atom stereocenters. The highest BCUT2D eigenvalue weighted by Crippen LogP contribution is 2.18. The summed E-state index contributed by atoms with van der Waals surface area (Å²) in [6.45, 7) is 2.27. The maximum atomic E-state index is 11.2. The standard InChI is InChI=1S/C8H11N3O5/c1-2-3-4-16-8-9-6(12)5(11(14)15)7(13)10-8/h2-4H2,1H3,(H2,9,10,12,13). The smallest absolute Gasteiger partial charge is 0.395 e. The Bertz CT molecular complexity index is 442. The van der Waals surface area contributed by atoms with Gasteiger partial charge in [-0.25, -0.2) is 0 Å². The van der Waals surface area contributed by atoms with Crippen LogP contribution in [0.15, 0.2) is 4.79 Å². The fourth-order valence-electron chi connectivity index (χ4n) is 0.981. The first-order valence-corrected chi connectivity index (χ1v) is 4.66. The topological polar surface area (TPSA) is 118 Å². The SMILES string of the molecule is CCCCOc1nc(O)c([N+](=O)[O-])c(=O)[nH]1. The van der Waals surface area contributed by atoms with Crippen LogP contribution in [0.3, 0.4) is 0 Å². The highest BCUT2D eigenvalue weighted by atomic mass is 16.6. The van der Waals surface area contributed by atoms with Gasteiger partial charge in [-0.2, -0.15) is 4.98 Å². The number of hydrogen-bond donors (Lipinski definition) is 2. The molecular weight excluding hydrogens is 218 g/mol. The molecular formula is C8H11N3O5. The van der Waals surface area contributed by atoms with Crippen LogP contribution >= 0.6 is 0 Å². The van der Waals surface area contributed by atoms with Crippen LogP contribution < -0.4 is 10.3 Å². The minimum absolute atomic E-state index is 0.221. The third-order valence-corrected chi connectivity index (χ3v) is 1.77. The van der Waals surface area contributed by atoms with Gasteiger partial charge in [-0.3, -0.25) is 19.9 Å². The summed E-state index contributed by atoms with van der Waals surface area (Å²) in [5, 5.41) is 19.5. The van der Waals surface area contributed by atoms with Crippen LogP contribution in [0.2, 0.25) is 0 Å². The number of rotatable bonds is 5. The fourth-order valence-corrected chi connectivity index (χ4v) is 0.981. The zero-order valence-corrected chi connectivity index (χ0v) is 8.60. The fraction of sp³-hybridized carbons (Fsp3) is 0.500. The average molecular weight is 229 g/mol. The van der Waals surface area contributed by atoms with Gasteiger partial charge in [0.1, 0.15) is 0 Å². The van der Waals surface area contributed by atoms with Crippen molar-refractivity contribution in [2.24, 2.45) is 0 Å². The van der Waals surface area contributed by atoms with Crippen molar-refractivity contribution < 1.29 is 14.8 Å². The molecule has 2 N–H and O–H groups in total. The van der Waals surface area contributed by atoms with Crippen molar-refractivity contribution in [1.82, 2.24) is 9.97 Å². The second-order valence-electron chi connectivity index (χ2n) is 3.00. The van der Waals surface area contributed by atoms with Crippen molar-refractivity contribution in [3.8, 4) is 11.9 Å². The van der Waals surface area contributed by atoms with Crippen molar-refractivity contribution in [2.75, 3.05) is 6.61 Å². The molecule has 0 spiro atoms. The number of aromatic hydroxyl groups is 1. The maximum absolute atomic E-state index is 11.2. The molecule has 1 aromatic heterocycles. The number of nitrogens with one attached hydrogen (secondary N) is 1. The molecule has 16 heavy (non-hydrogen) atoms. The molecule has 8 heteroatoms. The first kappa shape index (κ1) is 12.0. The minimum atomic E-state index is -1.04. The van der Waals surface area contributed by atoms with E-state index >= 15 is 0 Å². The number of aromatic nitrogens is 2. The molecule has 1 rings (SSSR count). The quantitative estimate of drug-likeness (QED) is 0.432. The van der Waals surface area contributed by atoms with Gasteiger partial charge in [0.25, 0.3) is 6.01 Å².